The van der Waals surface area contributed by atoms with Crippen LogP contribution in [0.2, 0.25) is 0 Å². The Labute approximate surface area is 84.9 Å². The third-order valence-electron chi connectivity index (χ3n) is 1.10. The lowest BCUT2D eigenvalue weighted by Gasteiger charge is -2.25. The summed E-state index contributed by atoms with van der Waals surface area (Å²) in [4.78, 5) is 0. The zero-order valence-corrected chi connectivity index (χ0v) is 10.3. The highest BCUT2D eigenvalue weighted by molar-refractivity contribution is 7.86. The fourth-order valence-electron chi connectivity index (χ4n) is 0.791. The van der Waals surface area contributed by atoms with E-state index in [9.17, 15) is 13.0 Å². The molecule has 0 spiro atoms. The molecule has 0 amide bonds. The molecule has 8 heteroatoms. The summed E-state index contributed by atoms with van der Waals surface area (Å²) in [5.41, 5.74) is -1.93. The summed E-state index contributed by atoms with van der Waals surface area (Å²) in [5.74, 6) is 0. The largest absolute Gasteiger partial charge is 0.346 e. The molecular weight excluding hydrogens is 231 g/mol. The lowest BCUT2D eigenvalue weighted by atomic mass is 10.8. The molecule has 6 nitrogen and oxygen atoms in total. The number of rotatable bonds is 7. The van der Waals surface area contributed by atoms with Gasteiger partial charge in [-0.3, -0.25) is 0 Å². The van der Waals surface area contributed by atoms with Gasteiger partial charge >= 0.3 is 5.71 Å². The maximum absolute atomic E-state index is 10.9. The Kier molecular flexibility index (Phi) is 5.85. The molecule has 0 radical (unpaired) electrons. The molecule has 0 aliphatic rings. The van der Waals surface area contributed by atoms with Crippen LogP contribution in [0.4, 0.5) is 0 Å². The summed E-state index contributed by atoms with van der Waals surface area (Å²) >= 11 is 0. The Balaban J connectivity index is 4.74. The number of ether oxygens (including phenoxy) is 2. The Morgan fingerprint density at radius 1 is 1.21 bits per heavy atom. The third-order valence-corrected chi connectivity index (χ3v) is 2.55. The highest BCUT2D eigenvalue weighted by atomic mass is 32.2. The van der Waals surface area contributed by atoms with Gasteiger partial charge < -0.3 is 14.0 Å². The highest BCUT2D eigenvalue weighted by Crippen LogP contribution is 2.29. The van der Waals surface area contributed by atoms with E-state index in [-0.39, 0.29) is 13.2 Å². The van der Waals surface area contributed by atoms with Crippen LogP contribution in [-0.2, 0) is 28.3 Å². The first-order valence-corrected chi connectivity index (χ1v) is 6.90. The summed E-state index contributed by atoms with van der Waals surface area (Å²) < 4.78 is 46.8. The third kappa shape index (κ3) is 5.07. The quantitative estimate of drug-likeness (QED) is 0.367. The standard InChI is InChI=1S/C6H15O6PS/c1-4-10-6(13-7,11-5-2)12-14(3,8)9/h4-5,13H2,1-3H3. The van der Waals surface area contributed by atoms with Crippen LogP contribution in [0.25, 0.3) is 0 Å². The normalized spacial score (nSPS) is 13.9. The molecule has 0 aliphatic carbocycles. The van der Waals surface area contributed by atoms with Crippen LogP contribution in [0, 0.1) is 0 Å². The Hall–Kier alpha value is 0.0600. The lowest BCUT2D eigenvalue weighted by molar-refractivity contribution is -0.275. The van der Waals surface area contributed by atoms with Crippen LogP contribution < -0.4 is 0 Å². The van der Waals surface area contributed by atoms with Crippen molar-refractivity contribution in [3.8, 4) is 0 Å². The minimum Gasteiger partial charge on any atom is -0.321 e. The van der Waals surface area contributed by atoms with Crippen molar-refractivity contribution < 1.29 is 26.6 Å². The smallest absolute Gasteiger partial charge is 0.321 e. The van der Waals surface area contributed by atoms with E-state index in [0.29, 0.717) is 0 Å². The van der Waals surface area contributed by atoms with Gasteiger partial charge in [0.25, 0.3) is 10.1 Å². The summed E-state index contributed by atoms with van der Waals surface area (Å²) in [7, 11) is -5.45. The van der Waals surface area contributed by atoms with Crippen LogP contribution in [0.1, 0.15) is 13.8 Å². The lowest BCUT2D eigenvalue weighted by Crippen LogP contribution is -2.35. The maximum atomic E-state index is 10.9. The van der Waals surface area contributed by atoms with Crippen LogP contribution in [0.5, 0.6) is 0 Å². The summed E-state index contributed by atoms with van der Waals surface area (Å²) in [6, 6.07) is 0. The number of hydrogen-bond donors (Lipinski definition) is 0. The molecule has 0 rings (SSSR count). The van der Waals surface area contributed by atoms with E-state index in [1.54, 1.807) is 13.8 Å². The van der Waals surface area contributed by atoms with Gasteiger partial charge in [0, 0.05) is 0 Å². The zero-order chi connectivity index (χ0) is 11.2. The summed E-state index contributed by atoms with van der Waals surface area (Å²) in [6.07, 6.45) is 0.842. The molecule has 14 heavy (non-hydrogen) atoms. The van der Waals surface area contributed by atoms with Crippen LogP contribution >= 0.6 is 8.46 Å². The van der Waals surface area contributed by atoms with Gasteiger partial charge in [0.05, 0.1) is 19.5 Å². The molecule has 1 unspecified atom stereocenters. The monoisotopic (exact) mass is 246 g/mol. The average Bonchev–Trinajstić information content (AvgIpc) is 2.02. The van der Waals surface area contributed by atoms with Crippen molar-refractivity contribution in [2.24, 2.45) is 0 Å². The van der Waals surface area contributed by atoms with Gasteiger partial charge in [-0.05, 0) is 13.8 Å². The van der Waals surface area contributed by atoms with Gasteiger partial charge in [-0.2, -0.15) is 8.42 Å². The second-order valence-corrected chi connectivity index (χ2v) is 4.89. The SMILES string of the molecule is CCOC(OCC)(OS(C)(=O)=O)[PH2]=O. The van der Waals surface area contributed by atoms with Crippen molar-refractivity contribution >= 4 is 18.6 Å². The van der Waals surface area contributed by atoms with Crippen LogP contribution in [0.15, 0.2) is 0 Å². The molecule has 1 atom stereocenters. The first kappa shape index (κ1) is 14.1. The Morgan fingerprint density at radius 3 is 1.86 bits per heavy atom. The second kappa shape index (κ2) is 5.82. The van der Waals surface area contributed by atoms with Gasteiger partial charge in [0.2, 0.25) is 0 Å². The molecule has 86 valence electrons. The van der Waals surface area contributed by atoms with E-state index in [1.807, 2.05) is 0 Å². The van der Waals surface area contributed by atoms with E-state index < -0.39 is 24.3 Å². The predicted octanol–water partition coefficient (Wildman–Crippen LogP) is 0.403. The van der Waals surface area contributed by atoms with Crippen LogP contribution in [0.3, 0.4) is 0 Å². The fourth-order valence-corrected chi connectivity index (χ4v) is 2.46. The van der Waals surface area contributed by atoms with Crippen molar-refractivity contribution in [2.75, 3.05) is 19.5 Å². The van der Waals surface area contributed by atoms with Crippen molar-refractivity contribution in [3.63, 3.8) is 0 Å². The van der Waals surface area contributed by atoms with E-state index in [2.05, 4.69) is 4.18 Å². The molecule has 0 bridgehead atoms. The maximum Gasteiger partial charge on any atom is 0.346 e. The topological polar surface area (TPSA) is 78.9 Å². The second-order valence-electron chi connectivity index (χ2n) is 2.37. The highest BCUT2D eigenvalue weighted by Gasteiger charge is 2.36. The first-order valence-electron chi connectivity index (χ1n) is 4.04. The van der Waals surface area contributed by atoms with Crippen molar-refractivity contribution in [3.05, 3.63) is 0 Å². The molecule has 0 aromatic heterocycles. The van der Waals surface area contributed by atoms with Crippen molar-refractivity contribution in [2.45, 2.75) is 19.6 Å². The summed E-state index contributed by atoms with van der Waals surface area (Å²) in [6.45, 7) is 3.53. The van der Waals surface area contributed by atoms with Gasteiger partial charge in [-0.1, -0.05) is 0 Å². The van der Waals surface area contributed by atoms with Crippen LogP contribution in [-0.4, -0.2) is 33.6 Å². The molecule has 0 N–H and O–H groups in total. The van der Waals surface area contributed by atoms with E-state index in [4.69, 9.17) is 9.47 Å². The minimum atomic E-state index is -3.77. The van der Waals surface area contributed by atoms with E-state index in [0.717, 1.165) is 6.26 Å². The van der Waals surface area contributed by atoms with Gasteiger partial charge in [-0.15, -0.1) is 0 Å². The van der Waals surface area contributed by atoms with Crippen molar-refractivity contribution in [1.29, 1.82) is 0 Å². The predicted molar refractivity (Wildman–Crippen MR) is 52.3 cm³/mol. The molecule has 0 saturated heterocycles. The first-order chi connectivity index (χ1) is 6.39. The fraction of sp³-hybridized carbons (Fsp3) is 1.00. The van der Waals surface area contributed by atoms with E-state index >= 15 is 0 Å². The Bertz CT molecular complexity index is 268. The van der Waals surface area contributed by atoms with Crippen molar-refractivity contribution in [1.82, 2.24) is 0 Å². The molecule has 0 fully saturated rings. The van der Waals surface area contributed by atoms with Gasteiger partial charge in [0.15, 0.2) is 8.46 Å². The van der Waals surface area contributed by atoms with Gasteiger partial charge in [0.1, 0.15) is 0 Å². The van der Waals surface area contributed by atoms with E-state index in [1.165, 1.54) is 0 Å². The Morgan fingerprint density at radius 2 is 1.64 bits per heavy atom. The molecule has 0 aliphatic heterocycles. The minimum absolute atomic E-state index is 0.144. The summed E-state index contributed by atoms with van der Waals surface area (Å²) in [5, 5.41) is 0. The molecular formula is C6H15O6PS. The zero-order valence-electron chi connectivity index (χ0n) is 8.35. The van der Waals surface area contributed by atoms with Gasteiger partial charge in [-0.25, -0.2) is 4.18 Å². The average molecular weight is 246 g/mol. The number of hydrogen-bond acceptors (Lipinski definition) is 6. The molecule has 0 heterocycles. The molecule has 0 saturated carbocycles. The molecule has 0 aromatic rings. The molecule has 0 aromatic carbocycles.